The van der Waals surface area contributed by atoms with Gasteiger partial charge in [0, 0.05) is 0 Å². The average Bonchev–Trinajstić information content (AvgIpc) is 2.16. The zero-order valence-electron chi connectivity index (χ0n) is 8.12. The quantitative estimate of drug-likeness (QED) is 0.575. The normalized spacial score (nSPS) is 9.62. The zero-order valence-corrected chi connectivity index (χ0v) is 8.12. The summed E-state index contributed by atoms with van der Waals surface area (Å²) in [4.78, 5) is 19.8. The lowest BCUT2D eigenvalue weighted by molar-refractivity contribution is 0.150. The van der Waals surface area contributed by atoms with E-state index in [2.05, 4.69) is 16.8 Å². The highest BCUT2D eigenvalue weighted by molar-refractivity contribution is 5.65. The Bertz CT molecular complexity index is 148. The van der Waals surface area contributed by atoms with Crippen molar-refractivity contribution in [3.8, 4) is 0 Å². The van der Waals surface area contributed by atoms with Crippen molar-refractivity contribution in [2.45, 2.75) is 45.4 Å². The van der Waals surface area contributed by atoms with Gasteiger partial charge in [0.25, 0.3) is 0 Å². The Morgan fingerprint density at radius 1 is 1.15 bits per heavy atom. The van der Waals surface area contributed by atoms with Crippen LogP contribution in [0.5, 0.6) is 0 Å². The van der Waals surface area contributed by atoms with Crippen LogP contribution in [0.1, 0.15) is 45.4 Å². The Morgan fingerprint density at radius 3 is 2.38 bits per heavy atom. The maximum atomic E-state index is 10.2. The highest BCUT2D eigenvalue weighted by Crippen LogP contribution is 2.04. The molecule has 1 amide bonds. The summed E-state index contributed by atoms with van der Waals surface area (Å²) in [7, 11) is 0. The number of ether oxygens (including phenoxy) is 1. The molecule has 4 nitrogen and oxygen atoms in total. The van der Waals surface area contributed by atoms with Crippen LogP contribution in [-0.4, -0.2) is 12.7 Å². The number of amides is 1. The van der Waals surface area contributed by atoms with Crippen LogP contribution in [0.15, 0.2) is 0 Å². The van der Waals surface area contributed by atoms with Crippen LogP contribution in [0.2, 0.25) is 0 Å². The third kappa shape index (κ3) is 8.98. The van der Waals surface area contributed by atoms with Crippen LogP contribution in [0, 0.1) is 4.91 Å². The minimum atomic E-state index is -1.01. The number of carbonyl (C=O) groups is 1. The topological polar surface area (TPSA) is 57.5 Å². The van der Waals surface area contributed by atoms with Gasteiger partial charge in [-0.3, -0.25) is 0 Å². The Kier molecular flexibility index (Phi) is 8.51. The first-order valence-corrected chi connectivity index (χ1v) is 4.81. The number of unbranched alkanes of at least 4 members (excludes halogenated alkanes) is 5. The summed E-state index contributed by atoms with van der Waals surface area (Å²) in [6, 6.07) is 0. The predicted molar refractivity (Wildman–Crippen MR) is 50.2 cm³/mol. The van der Waals surface area contributed by atoms with Crippen molar-refractivity contribution >= 4 is 6.09 Å². The van der Waals surface area contributed by atoms with Crippen molar-refractivity contribution in [1.82, 2.24) is 5.18 Å². The first-order chi connectivity index (χ1) is 6.31. The van der Waals surface area contributed by atoms with Crippen molar-refractivity contribution in [3.63, 3.8) is 0 Å². The maximum absolute atomic E-state index is 10.2. The van der Waals surface area contributed by atoms with Gasteiger partial charge in [-0.2, -0.15) is 4.79 Å². The highest BCUT2D eigenvalue weighted by Gasteiger charge is 2.16. The molecule has 0 aliphatic rings. The third-order valence-corrected chi connectivity index (χ3v) is 1.80. The number of hydrogen-bond acceptors (Lipinski definition) is 3. The molecule has 0 fully saturated rings. The third-order valence-electron chi connectivity index (χ3n) is 1.80. The molecule has 0 aromatic carbocycles. The van der Waals surface area contributed by atoms with E-state index in [1.165, 1.54) is 25.7 Å². The molecule has 0 aromatic heterocycles. The molecule has 0 spiro atoms. The van der Waals surface area contributed by atoms with Crippen LogP contribution >= 0.6 is 0 Å². The van der Waals surface area contributed by atoms with Crippen molar-refractivity contribution in [2.75, 3.05) is 6.61 Å². The van der Waals surface area contributed by atoms with Crippen LogP contribution in [0.25, 0.3) is 0 Å². The monoisotopic (exact) mass is 187 g/mol. The number of hydrogen-bond donors (Lipinski definition) is 0. The molecule has 0 unspecified atom stereocenters. The average molecular weight is 187 g/mol. The van der Waals surface area contributed by atoms with Gasteiger partial charge in [-0.05, 0) is 6.42 Å². The molecule has 0 saturated heterocycles. The second-order valence-electron chi connectivity index (χ2n) is 2.97. The van der Waals surface area contributed by atoms with E-state index in [9.17, 15) is 9.70 Å². The number of nitroso groups, excluding NO2 is 1. The van der Waals surface area contributed by atoms with Crippen molar-refractivity contribution < 1.29 is 9.53 Å². The smallest absolute Gasteiger partial charge is 0.404 e. The van der Waals surface area contributed by atoms with E-state index in [0.717, 1.165) is 12.8 Å². The van der Waals surface area contributed by atoms with Gasteiger partial charge in [-0.15, -0.1) is 0 Å². The molecule has 13 heavy (non-hydrogen) atoms. The van der Waals surface area contributed by atoms with E-state index in [0.29, 0.717) is 6.61 Å². The lowest BCUT2D eigenvalue weighted by Crippen LogP contribution is -2.06. The molecule has 1 radical (unpaired) electrons. The molecule has 0 aliphatic heterocycles. The zero-order chi connectivity index (χ0) is 9.94. The minimum absolute atomic E-state index is 0.316. The fraction of sp³-hybridized carbons (Fsp3) is 0.889. The standard InChI is InChI=1S/C9H17NO3/c1-2-3-4-5-6-7-8-13-9(11)10-12/h2-8H2,1H3/q+1. The maximum Gasteiger partial charge on any atom is 0.724 e. The molecule has 0 aliphatic carbocycles. The second kappa shape index (κ2) is 9.16. The molecule has 0 N–H and O–H groups in total. The Hall–Kier alpha value is -0.930. The van der Waals surface area contributed by atoms with Gasteiger partial charge < -0.3 is 4.74 Å². The molecule has 4 heteroatoms. The molecular formula is C9H17NO3+. The highest BCUT2D eigenvalue weighted by atomic mass is 16.6. The number of carbonyl (C=O) groups excluding carboxylic acids is 1. The van der Waals surface area contributed by atoms with E-state index in [1.54, 1.807) is 0 Å². The minimum Gasteiger partial charge on any atom is -0.404 e. The van der Waals surface area contributed by atoms with Crippen LogP contribution < -0.4 is 5.18 Å². The van der Waals surface area contributed by atoms with Gasteiger partial charge in [0.05, 0.1) is 6.61 Å². The molecule has 0 atom stereocenters. The molecule has 0 saturated carbocycles. The van der Waals surface area contributed by atoms with E-state index < -0.39 is 6.09 Å². The van der Waals surface area contributed by atoms with Gasteiger partial charge in [-0.1, -0.05) is 39.0 Å². The molecule has 0 aromatic rings. The first-order valence-electron chi connectivity index (χ1n) is 4.81. The predicted octanol–water partition coefficient (Wildman–Crippen LogP) is 2.59. The molecule has 0 bridgehead atoms. The SMILES string of the molecule is CCCCCCCCOC(=O)[N+]=O. The van der Waals surface area contributed by atoms with Crippen LogP contribution in [0.3, 0.4) is 0 Å². The van der Waals surface area contributed by atoms with Gasteiger partial charge in [0.1, 0.15) is 4.91 Å². The Morgan fingerprint density at radius 2 is 1.77 bits per heavy atom. The van der Waals surface area contributed by atoms with Gasteiger partial charge in [0.15, 0.2) is 0 Å². The lowest BCUT2D eigenvalue weighted by atomic mass is 10.1. The Balaban J connectivity index is 2.99. The molecule has 75 valence electrons. The van der Waals surface area contributed by atoms with E-state index in [-0.39, 0.29) is 0 Å². The Labute approximate surface area is 78.6 Å². The number of rotatable bonds is 7. The first kappa shape index (κ1) is 12.1. The molecule has 0 heterocycles. The van der Waals surface area contributed by atoms with Gasteiger partial charge in [0.2, 0.25) is 0 Å². The summed E-state index contributed by atoms with van der Waals surface area (Å²) in [5.41, 5.74) is 0. The summed E-state index contributed by atoms with van der Waals surface area (Å²) >= 11 is 0. The largest absolute Gasteiger partial charge is 0.724 e. The lowest BCUT2D eigenvalue weighted by Gasteiger charge is -1.97. The summed E-state index contributed by atoms with van der Waals surface area (Å²) in [6.07, 6.45) is 5.75. The molecular weight excluding hydrogens is 170 g/mol. The fourth-order valence-corrected chi connectivity index (χ4v) is 1.07. The van der Waals surface area contributed by atoms with Gasteiger partial charge >= 0.3 is 11.3 Å². The van der Waals surface area contributed by atoms with Crippen LogP contribution in [-0.2, 0) is 4.74 Å². The van der Waals surface area contributed by atoms with Crippen LogP contribution in [0.4, 0.5) is 4.79 Å². The number of nitrogens with zero attached hydrogens (tertiary/aromatic N) is 1. The van der Waals surface area contributed by atoms with E-state index in [1.807, 2.05) is 0 Å². The fourth-order valence-electron chi connectivity index (χ4n) is 1.07. The van der Waals surface area contributed by atoms with Crippen molar-refractivity contribution in [1.29, 1.82) is 0 Å². The van der Waals surface area contributed by atoms with E-state index >= 15 is 0 Å². The van der Waals surface area contributed by atoms with Gasteiger partial charge in [-0.25, -0.2) is 0 Å². The van der Waals surface area contributed by atoms with E-state index in [4.69, 9.17) is 0 Å². The summed E-state index contributed by atoms with van der Waals surface area (Å²) in [5.74, 6) is 0. The molecule has 0 rings (SSSR count). The summed E-state index contributed by atoms with van der Waals surface area (Å²) in [5, 5.41) is 2.12. The summed E-state index contributed by atoms with van der Waals surface area (Å²) < 4.78 is 4.48. The van der Waals surface area contributed by atoms with Crippen molar-refractivity contribution in [3.05, 3.63) is 4.91 Å². The second-order valence-corrected chi connectivity index (χ2v) is 2.97. The van der Waals surface area contributed by atoms with Crippen molar-refractivity contribution in [2.24, 2.45) is 0 Å². The summed E-state index contributed by atoms with van der Waals surface area (Å²) in [6.45, 7) is 2.48.